The molecule has 0 radical (unpaired) electrons. The molecule has 2 N–H and O–H groups in total. The van der Waals surface area contributed by atoms with E-state index in [0.717, 1.165) is 0 Å². The van der Waals surface area contributed by atoms with Crippen LogP contribution in [-0.2, 0) is 9.53 Å². The van der Waals surface area contributed by atoms with Crippen LogP contribution in [0.2, 0.25) is 0 Å². The van der Waals surface area contributed by atoms with Crippen LogP contribution in [0, 0.1) is 0 Å². The molecule has 84 valence electrons. The molecule has 6 heteroatoms. The second-order valence-corrected chi connectivity index (χ2v) is 3.36. The van der Waals surface area contributed by atoms with Crippen molar-refractivity contribution in [3.8, 4) is 0 Å². The van der Waals surface area contributed by atoms with Crippen molar-refractivity contribution in [3.05, 3.63) is 12.3 Å². The maximum absolute atomic E-state index is 11.4. The lowest BCUT2D eigenvalue weighted by Gasteiger charge is -2.30. The molecule has 0 aromatic carbocycles. The third kappa shape index (κ3) is 3.25. The van der Waals surface area contributed by atoms with Gasteiger partial charge in [-0.1, -0.05) is 6.58 Å². The van der Waals surface area contributed by atoms with E-state index in [9.17, 15) is 9.59 Å². The number of hydrogen-bond acceptors (Lipinski definition) is 4. The van der Waals surface area contributed by atoms with Crippen LogP contribution in [0.15, 0.2) is 12.3 Å². The fourth-order valence-corrected chi connectivity index (χ4v) is 1.29. The van der Waals surface area contributed by atoms with Gasteiger partial charge < -0.3 is 20.1 Å². The summed E-state index contributed by atoms with van der Waals surface area (Å²) in [6, 6.07) is -0.726. The van der Waals surface area contributed by atoms with Crippen LogP contribution >= 0.6 is 0 Å². The quantitative estimate of drug-likeness (QED) is 0.633. The molecule has 0 spiro atoms. The summed E-state index contributed by atoms with van der Waals surface area (Å²) in [5.41, 5.74) is 0. The van der Waals surface area contributed by atoms with Crippen LogP contribution < -0.4 is 5.32 Å². The van der Waals surface area contributed by atoms with Gasteiger partial charge in [-0.25, -0.2) is 4.79 Å². The van der Waals surface area contributed by atoms with Crippen LogP contribution in [0.3, 0.4) is 0 Å². The van der Waals surface area contributed by atoms with Crippen molar-refractivity contribution < 1.29 is 19.4 Å². The first-order valence-electron chi connectivity index (χ1n) is 4.59. The minimum Gasteiger partial charge on any atom is -0.480 e. The minimum atomic E-state index is -0.970. The molecule has 1 saturated heterocycles. The number of carbonyl (C=O) groups excluding carboxylic acids is 1. The van der Waals surface area contributed by atoms with E-state index in [-0.39, 0.29) is 6.54 Å². The fourth-order valence-electron chi connectivity index (χ4n) is 1.29. The van der Waals surface area contributed by atoms with E-state index in [1.54, 1.807) is 6.92 Å². The summed E-state index contributed by atoms with van der Waals surface area (Å²) >= 11 is 0. The summed E-state index contributed by atoms with van der Waals surface area (Å²) in [5, 5.41) is 11.5. The molecule has 1 aliphatic rings. The van der Waals surface area contributed by atoms with Crippen molar-refractivity contribution in [1.82, 2.24) is 10.2 Å². The van der Waals surface area contributed by atoms with Crippen molar-refractivity contribution in [3.63, 3.8) is 0 Å². The normalized spacial score (nSPS) is 20.9. The summed E-state index contributed by atoms with van der Waals surface area (Å²) in [5.74, 6) is -0.673. The van der Waals surface area contributed by atoms with Crippen molar-refractivity contribution in [2.24, 2.45) is 0 Å². The number of ether oxygens (including phenoxy) is 1. The summed E-state index contributed by atoms with van der Waals surface area (Å²) in [6.07, 6.45) is -0.546. The molecule has 1 amide bonds. The van der Waals surface area contributed by atoms with Gasteiger partial charge in [0.05, 0.1) is 12.3 Å². The van der Waals surface area contributed by atoms with Gasteiger partial charge in [-0.15, -0.1) is 0 Å². The van der Waals surface area contributed by atoms with E-state index in [1.165, 1.54) is 4.90 Å². The lowest BCUT2D eigenvalue weighted by atomic mass is 10.2. The molecule has 0 aliphatic carbocycles. The van der Waals surface area contributed by atoms with Crippen LogP contribution in [0.4, 0.5) is 4.79 Å². The van der Waals surface area contributed by atoms with Gasteiger partial charge in [0, 0.05) is 13.1 Å². The average Bonchev–Trinajstić information content (AvgIpc) is 2.17. The maximum Gasteiger partial charge on any atom is 0.414 e. The van der Waals surface area contributed by atoms with E-state index in [1.807, 2.05) is 0 Å². The summed E-state index contributed by atoms with van der Waals surface area (Å²) < 4.78 is 4.79. The fraction of sp³-hybridized carbons (Fsp3) is 0.556. The lowest BCUT2D eigenvalue weighted by Crippen LogP contribution is -2.55. The van der Waals surface area contributed by atoms with Gasteiger partial charge in [0.15, 0.2) is 0 Å². The molecule has 1 aliphatic heterocycles. The predicted molar refractivity (Wildman–Crippen MR) is 52.3 cm³/mol. The molecule has 0 bridgehead atoms. The predicted octanol–water partition coefficient (Wildman–Crippen LogP) is 0.0150. The zero-order valence-corrected chi connectivity index (χ0v) is 8.52. The number of amides is 1. The van der Waals surface area contributed by atoms with Crippen molar-refractivity contribution in [2.45, 2.75) is 13.0 Å². The highest BCUT2D eigenvalue weighted by atomic mass is 16.6. The van der Waals surface area contributed by atoms with Gasteiger partial charge in [-0.05, 0) is 6.92 Å². The molecule has 0 saturated carbocycles. The van der Waals surface area contributed by atoms with Gasteiger partial charge in [0.25, 0.3) is 0 Å². The Balaban J connectivity index is 2.52. The molecule has 1 rings (SSSR count). The monoisotopic (exact) mass is 214 g/mol. The molecule has 0 aromatic rings. The third-order valence-corrected chi connectivity index (χ3v) is 1.99. The second kappa shape index (κ2) is 4.79. The number of carbonyl (C=O) groups is 2. The molecule has 1 atom stereocenters. The Hall–Kier alpha value is -1.56. The Bertz CT molecular complexity index is 290. The molecule has 0 unspecified atom stereocenters. The molecule has 1 heterocycles. The highest BCUT2D eigenvalue weighted by Gasteiger charge is 2.28. The van der Waals surface area contributed by atoms with Crippen LogP contribution in [-0.4, -0.2) is 47.7 Å². The summed E-state index contributed by atoms with van der Waals surface area (Å²) in [4.78, 5) is 23.4. The highest BCUT2D eigenvalue weighted by Crippen LogP contribution is 2.04. The number of aliphatic carboxylic acids is 1. The zero-order chi connectivity index (χ0) is 11.4. The first-order valence-corrected chi connectivity index (χ1v) is 4.59. The van der Waals surface area contributed by atoms with Gasteiger partial charge in [-0.2, -0.15) is 0 Å². The van der Waals surface area contributed by atoms with E-state index >= 15 is 0 Å². The molecular weight excluding hydrogens is 200 g/mol. The van der Waals surface area contributed by atoms with Crippen LogP contribution in [0.5, 0.6) is 0 Å². The molecule has 0 aromatic heterocycles. The molecule has 15 heavy (non-hydrogen) atoms. The zero-order valence-electron chi connectivity index (χ0n) is 8.52. The van der Waals surface area contributed by atoms with Crippen LogP contribution in [0.25, 0.3) is 0 Å². The molecule has 1 fully saturated rings. The molecule has 6 nitrogen and oxygen atoms in total. The number of allylic oxidation sites excluding steroid dienone is 1. The van der Waals surface area contributed by atoms with E-state index in [0.29, 0.717) is 18.8 Å². The van der Waals surface area contributed by atoms with E-state index in [4.69, 9.17) is 9.84 Å². The first kappa shape index (κ1) is 11.5. The Labute approximate surface area is 87.5 Å². The van der Waals surface area contributed by atoms with E-state index in [2.05, 4.69) is 11.9 Å². The number of rotatable bonds is 2. The Morgan fingerprint density at radius 2 is 2.27 bits per heavy atom. The number of hydrogen-bond donors (Lipinski definition) is 2. The van der Waals surface area contributed by atoms with Gasteiger partial charge in [0.1, 0.15) is 6.04 Å². The van der Waals surface area contributed by atoms with Crippen molar-refractivity contribution in [1.29, 1.82) is 0 Å². The second-order valence-electron chi connectivity index (χ2n) is 3.36. The number of piperazine rings is 1. The smallest absolute Gasteiger partial charge is 0.414 e. The standard InChI is InChI=1S/C9H14N2O4/c1-6(2)15-9(14)11-4-3-10-7(5-11)8(12)13/h7,10H,1,3-5H2,2H3,(H,12,13)/t7-/m0/s1. The van der Waals surface area contributed by atoms with Crippen molar-refractivity contribution >= 4 is 12.1 Å². The number of carboxylic acids is 1. The van der Waals surface area contributed by atoms with Gasteiger partial charge in [-0.3, -0.25) is 4.79 Å². The first-order chi connectivity index (χ1) is 7.00. The maximum atomic E-state index is 11.4. The Kier molecular flexibility index (Phi) is 3.68. The van der Waals surface area contributed by atoms with Gasteiger partial charge >= 0.3 is 12.1 Å². The topological polar surface area (TPSA) is 78.9 Å². The highest BCUT2D eigenvalue weighted by molar-refractivity contribution is 5.76. The summed E-state index contributed by atoms with van der Waals surface area (Å²) in [7, 11) is 0. The number of nitrogens with one attached hydrogen (secondary N) is 1. The largest absolute Gasteiger partial charge is 0.480 e. The van der Waals surface area contributed by atoms with Crippen molar-refractivity contribution in [2.75, 3.05) is 19.6 Å². The van der Waals surface area contributed by atoms with Crippen LogP contribution in [0.1, 0.15) is 6.92 Å². The SMILES string of the molecule is C=C(C)OC(=O)N1CCN[C@H](C(=O)O)C1. The van der Waals surface area contributed by atoms with E-state index < -0.39 is 18.1 Å². The minimum absolute atomic E-state index is 0.113. The Morgan fingerprint density at radius 3 is 2.80 bits per heavy atom. The van der Waals surface area contributed by atoms with Gasteiger partial charge in [0.2, 0.25) is 0 Å². The Morgan fingerprint density at radius 1 is 1.60 bits per heavy atom. The average molecular weight is 214 g/mol. The number of nitrogens with zero attached hydrogens (tertiary/aromatic N) is 1. The summed E-state index contributed by atoms with van der Waals surface area (Å²) in [6.45, 7) is 6.01. The lowest BCUT2D eigenvalue weighted by molar-refractivity contribution is -0.140. The third-order valence-electron chi connectivity index (χ3n) is 1.99. The number of carboxylic acid groups (broad SMARTS) is 1. The molecular formula is C9H14N2O4.